The van der Waals surface area contributed by atoms with Crippen molar-refractivity contribution < 1.29 is 13.9 Å². The lowest BCUT2D eigenvalue weighted by Crippen LogP contribution is -2.09. The highest BCUT2D eigenvalue weighted by Gasteiger charge is 2.27. The lowest BCUT2D eigenvalue weighted by atomic mass is 10.2. The number of imidazole rings is 1. The Balaban J connectivity index is 2.11. The lowest BCUT2D eigenvalue weighted by Gasteiger charge is -2.14. The topological polar surface area (TPSA) is 39.2 Å². The number of benzene rings is 1. The minimum Gasteiger partial charge on any atom is -0.494 e. The van der Waals surface area contributed by atoms with Crippen LogP contribution in [0.3, 0.4) is 0 Å². The van der Waals surface area contributed by atoms with Crippen LogP contribution in [0.5, 0.6) is 5.75 Å². The van der Waals surface area contributed by atoms with E-state index >= 15 is 0 Å². The van der Waals surface area contributed by atoms with Gasteiger partial charge in [-0.2, -0.15) is 0 Å². The molecule has 0 saturated heterocycles. The van der Waals surface area contributed by atoms with E-state index in [2.05, 4.69) is 9.55 Å². The van der Waals surface area contributed by atoms with E-state index in [1.165, 1.54) is 13.2 Å². The molecule has 0 spiro atoms. The molecule has 0 aliphatic heterocycles. The smallest absolute Gasteiger partial charge is 0.178 e. The minimum atomic E-state index is -0.385. The second-order valence-electron chi connectivity index (χ2n) is 5.13. The van der Waals surface area contributed by atoms with E-state index in [-0.39, 0.29) is 23.7 Å². The molecule has 0 amide bonds. The van der Waals surface area contributed by atoms with Crippen LogP contribution in [0.4, 0.5) is 4.39 Å². The highest BCUT2D eigenvalue weighted by Crippen LogP contribution is 2.35. The van der Waals surface area contributed by atoms with Gasteiger partial charge in [0.25, 0.3) is 0 Å². The van der Waals surface area contributed by atoms with E-state index in [0.717, 1.165) is 24.8 Å². The Morgan fingerprint density at radius 1 is 1.35 bits per heavy atom. The molecular weight excluding hydrogens is 279 g/mol. The Morgan fingerprint density at radius 3 is 2.80 bits per heavy atom. The van der Waals surface area contributed by atoms with E-state index in [9.17, 15) is 4.39 Å². The molecule has 2 atom stereocenters. The van der Waals surface area contributed by atoms with Gasteiger partial charge in [0.05, 0.1) is 24.2 Å². The molecule has 0 radical (unpaired) electrons. The van der Waals surface area contributed by atoms with Gasteiger partial charge in [0.1, 0.15) is 0 Å². The first-order chi connectivity index (χ1) is 9.63. The molecule has 1 heterocycles. The summed E-state index contributed by atoms with van der Waals surface area (Å²) in [5.41, 5.74) is 1.59. The summed E-state index contributed by atoms with van der Waals surface area (Å²) < 4.78 is 26.9. The number of nitrogens with one attached hydrogen (secondary N) is 1. The number of hydrogen-bond acceptors (Lipinski definition) is 3. The van der Waals surface area contributed by atoms with Crippen molar-refractivity contribution in [1.29, 1.82) is 0 Å². The van der Waals surface area contributed by atoms with Gasteiger partial charge in [-0.1, -0.05) is 0 Å². The van der Waals surface area contributed by atoms with Crippen LogP contribution in [0.2, 0.25) is 0 Å². The van der Waals surface area contributed by atoms with E-state index in [1.807, 2.05) is 0 Å². The van der Waals surface area contributed by atoms with E-state index in [1.54, 1.807) is 13.2 Å². The Labute approximate surface area is 121 Å². The van der Waals surface area contributed by atoms with Crippen molar-refractivity contribution in [3.05, 3.63) is 22.7 Å². The zero-order valence-electron chi connectivity index (χ0n) is 11.5. The number of fused-ring (bicyclic) bond motifs is 1. The van der Waals surface area contributed by atoms with Gasteiger partial charge in [-0.05, 0) is 31.5 Å². The molecule has 4 nitrogen and oxygen atoms in total. The first-order valence-corrected chi connectivity index (χ1v) is 7.05. The summed E-state index contributed by atoms with van der Waals surface area (Å²) in [4.78, 5) is 3.07. The van der Waals surface area contributed by atoms with E-state index < -0.39 is 0 Å². The molecule has 0 bridgehead atoms. The summed E-state index contributed by atoms with van der Waals surface area (Å²) in [5.74, 6) is -0.147. The summed E-state index contributed by atoms with van der Waals surface area (Å²) in [5, 5.41) is 0. The van der Waals surface area contributed by atoms with Crippen LogP contribution in [0.15, 0.2) is 12.1 Å². The predicted molar refractivity (Wildman–Crippen MR) is 77.3 cm³/mol. The molecule has 1 fully saturated rings. The lowest BCUT2D eigenvalue weighted by molar-refractivity contribution is 0.106. The third kappa shape index (κ3) is 2.13. The molecular formula is C14H17FN2O2S. The Morgan fingerprint density at radius 2 is 2.15 bits per heavy atom. The maximum atomic E-state index is 13.7. The highest BCUT2D eigenvalue weighted by molar-refractivity contribution is 7.71. The fourth-order valence-corrected chi connectivity index (χ4v) is 3.37. The third-order valence-electron chi connectivity index (χ3n) is 4.05. The summed E-state index contributed by atoms with van der Waals surface area (Å²) >= 11 is 5.39. The molecule has 1 aliphatic rings. The van der Waals surface area contributed by atoms with Crippen molar-refractivity contribution in [1.82, 2.24) is 9.55 Å². The first-order valence-electron chi connectivity index (χ1n) is 6.64. The van der Waals surface area contributed by atoms with Crippen molar-refractivity contribution in [2.45, 2.75) is 31.4 Å². The Hall–Kier alpha value is -1.40. The molecule has 1 aromatic carbocycles. The molecule has 6 heteroatoms. The van der Waals surface area contributed by atoms with Crippen LogP contribution in [0.1, 0.15) is 25.3 Å². The summed E-state index contributed by atoms with van der Waals surface area (Å²) in [7, 11) is 3.20. The third-order valence-corrected chi connectivity index (χ3v) is 4.34. The number of ether oxygens (including phenoxy) is 2. The molecule has 1 N–H and O–H groups in total. The molecule has 2 unspecified atom stereocenters. The number of hydrogen-bond donors (Lipinski definition) is 1. The number of aromatic nitrogens is 2. The molecule has 1 aliphatic carbocycles. The van der Waals surface area contributed by atoms with Crippen LogP contribution >= 0.6 is 12.2 Å². The zero-order valence-corrected chi connectivity index (χ0v) is 12.3. The van der Waals surface area contributed by atoms with Crippen molar-refractivity contribution in [3.63, 3.8) is 0 Å². The number of H-pyrrole nitrogens is 1. The Bertz CT molecular complexity index is 694. The quantitative estimate of drug-likeness (QED) is 0.880. The Kier molecular flexibility index (Phi) is 3.52. The molecule has 20 heavy (non-hydrogen) atoms. The molecule has 108 valence electrons. The van der Waals surface area contributed by atoms with Crippen LogP contribution < -0.4 is 4.74 Å². The van der Waals surface area contributed by atoms with Gasteiger partial charge in [0.2, 0.25) is 0 Å². The molecule has 1 aromatic heterocycles. The molecule has 2 aromatic rings. The van der Waals surface area contributed by atoms with Gasteiger partial charge in [0.15, 0.2) is 16.3 Å². The molecule has 1 saturated carbocycles. The monoisotopic (exact) mass is 296 g/mol. The summed E-state index contributed by atoms with van der Waals surface area (Å²) in [6.45, 7) is 0. The number of halogens is 1. The zero-order chi connectivity index (χ0) is 14.3. The van der Waals surface area contributed by atoms with Crippen molar-refractivity contribution in [3.8, 4) is 5.75 Å². The number of nitrogens with zero attached hydrogens (tertiary/aromatic N) is 1. The fourth-order valence-electron chi connectivity index (χ4n) is 3.01. The predicted octanol–water partition coefficient (Wildman–Crippen LogP) is 3.59. The number of rotatable bonds is 3. The fraction of sp³-hybridized carbons (Fsp3) is 0.500. The van der Waals surface area contributed by atoms with Gasteiger partial charge in [-0.25, -0.2) is 4.39 Å². The normalized spacial score (nSPS) is 22.6. The van der Waals surface area contributed by atoms with E-state index in [4.69, 9.17) is 21.7 Å². The second-order valence-corrected chi connectivity index (χ2v) is 5.52. The summed E-state index contributed by atoms with van der Waals surface area (Å²) in [6, 6.07) is 3.43. The van der Waals surface area contributed by atoms with Gasteiger partial charge >= 0.3 is 0 Å². The maximum absolute atomic E-state index is 13.7. The van der Waals surface area contributed by atoms with Crippen LogP contribution in [0, 0.1) is 10.6 Å². The largest absolute Gasteiger partial charge is 0.494 e. The van der Waals surface area contributed by atoms with Gasteiger partial charge in [-0.3, -0.25) is 0 Å². The van der Waals surface area contributed by atoms with Crippen LogP contribution in [-0.2, 0) is 4.74 Å². The van der Waals surface area contributed by atoms with Crippen molar-refractivity contribution >= 4 is 23.3 Å². The first kappa shape index (κ1) is 13.6. The number of methoxy groups -OCH3 is 2. The van der Waals surface area contributed by atoms with Crippen LogP contribution in [-0.4, -0.2) is 29.9 Å². The number of aromatic amines is 1. The summed E-state index contributed by atoms with van der Waals surface area (Å²) in [6.07, 6.45) is 3.24. The van der Waals surface area contributed by atoms with Crippen LogP contribution in [0.25, 0.3) is 11.0 Å². The second kappa shape index (κ2) is 5.18. The van der Waals surface area contributed by atoms with E-state index in [0.29, 0.717) is 10.3 Å². The van der Waals surface area contributed by atoms with Gasteiger partial charge in [-0.15, -0.1) is 0 Å². The average Bonchev–Trinajstić information content (AvgIpc) is 3.00. The highest BCUT2D eigenvalue weighted by atomic mass is 32.1. The standard InChI is InChI=1S/C14H17FN2O2S/c1-18-9-4-3-8(5-9)17-12-7-13(19-2)10(15)6-11(12)16-14(17)20/h6-9H,3-5H2,1-2H3,(H,16,20). The minimum absolute atomic E-state index is 0.238. The van der Waals surface area contributed by atoms with Crippen molar-refractivity contribution in [2.24, 2.45) is 0 Å². The SMILES string of the molecule is COc1cc2c(cc1F)[nH]c(=S)n2C1CCC(OC)C1. The average molecular weight is 296 g/mol. The maximum Gasteiger partial charge on any atom is 0.178 e. The van der Waals surface area contributed by atoms with Gasteiger partial charge < -0.3 is 19.0 Å². The molecule has 3 rings (SSSR count). The van der Waals surface area contributed by atoms with Gasteiger partial charge in [0, 0.05) is 25.3 Å². The van der Waals surface area contributed by atoms with Crippen molar-refractivity contribution in [2.75, 3.05) is 14.2 Å².